The van der Waals surface area contributed by atoms with Crippen molar-refractivity contribution in [2.45, 2.75) is 25.4 Å². The summed E-state index contributed by atoms with van der Waals surface area (Å²) in [4.78, 5) is 13.9. The van der Waals surface area contributed by atoms with Gasteiger partial charge >= 0.3 is 6.09 Å². The van der Waals surface area contributed by atoms with Crippen LogP contribution in [0.1, 0.15) is 18.4 Å². The second-order valence-corrected chi connectivity index (χ2v) is 5.67. The lowest BCUT2D eigenvalue weighted by Gasteiger charge is -2.32. The molecule has 2 saturated heterocycles. The molecule has 2 heterocycles. The Morgan fingerprint density at radius 2 is 2.10 bits per heavy atom. The van der Waals surface area contributed by atoms with E-state index in [4.69, 9.17) is 9.47 Å². The number of methoxy groups -OCH3 is 1. The smallest absolute Gasteiger partial charge is 0.410 e. The quantitative estimate of drug-likeness (QED) is 0.921. The Bertz CT molecular complexity index is 500. The van der Waals surface area contributed by atoms with Crippen LogP contribution in [0, 0.1) is 5.92 Å². The third-order valence-corrected chi connectivity index (χ3v) is 4.47. The number of piperidine rings is 1. The average molecular weight is 290 g/mol. The average Bonchev–Trinajstić information content (AvgIpc) is 2.90. The summed E-state index contributed by atoms with van der Waals surface area (Å²) in [5.41, 5.74) is 1.03. The van der Waals surface area contributed by atoms with Crippen LogP contribution in [0.15, 0.2) is 24.3 Å². The van der Waals surface area contributed by atoms with E-state index in [2.05, 4.69) is 5.32 Å². The van der Waals surface area contributed by atoms with Crippen molar-refractivity contribution in [1.29, 1.82) is 0 Å². The van der Waals surface area contributed by atoms with Crippen molar-refractivity contribution in [3.63, 3.8) is 0 Å². The molecule has 5 heteroatoms. The van der Waals surface area contributed by atoms with Crippen LogP contribution in [0.4, 0.5) is 4.79 Å². The molecular weight excluding hydrogens is 268 g/mol. The van der Waals surface area contributed by atoms with E-state index < -0.39 is 0 Å². The molecule has 0 radical (unpaired) electrons. The molecule has 21 heavy (non-hydrogen) atoms. The van der Waals surface area contributed by atoms with Crippen molar-refractivity contribution in [3.05, 3.63) is 29.8 Å². The minimum Gasteiger partial charge on any atom is -0.496 e. The fraction of sp³-hybridized carbons (Fsp3) is 0.562. The summed E-state index contributed by atoms with van der Waals surface area (Å²) < 4.78 is 10.7. The molecular formula is C16H22N2O3. The van der Waals surface area contributed by atoms with Crippen LogP contribution in [0.3, 0.4) is 0 Å². The minimum atomic E-state index is -0.204. The number of carbonyl (C=O) groups excluding carboxylic acids is 1. The van der Waals surface area contributed by atoms with Crippen molar-refractivity contribution in [2.75, 3.05) is 26.8 Å². The number of nitrogens with one attached hydrogen (secondary N) is 1. The van der Waals surface area contributed by atoms with Crippen LogP contribution in [-0.2, 0) is 11.3 Å². The highest BCUT2D eigenvalue weighted by Crippen LogP contribution is 2.29. The van der Waals surface area contributed by atoms with Crippen LogP contribution in [0.2, 0.25) is 0 Å². The van der Waals surface area contributed by atoms with E-state index >= 15 is 0 Å². The highest BCUT2D eigenvalue weighted by molar-refractivity contribution is 5.70. The summed E-state index contributed by atoms with van der Waals surface area (Å²) in [5, 5.41) is 3.37. The molecule has 5 nitrogen and oxygen atoms in total. The number of ether oxygens (including phenoxy) is 2. The second kappa shape index (κ2) is 6.35. The van der Waals surface area contributed by atoms with E-state index in [1.165, 1.54) is 0 Å². The Kier molecular flexibility index (Phi) is 4.29. The molecule has 2 aliphatic heterocycles. The molecule has 1 amide bonds. The first-order chi connectivity index (χ1) is 10.3. The molecule has 0 bridgehead atoms. The lowest BCUT2D eigenvalue weighted by molar-refractivity contribution is 0.151. The largest absolute Gasteiger partial charge is 0.496 e. The van der Waals surface area contributed by atoms with Crippen LogP contribution in [0.25, 0.3) is 0 Å². The first-order valence-corrected chi connectivity index (χ1v) is 7.55. The number of nitrogens with zero attached hydrogens (tertiary/aromatic N) is 1. The van der Waals surface area contributed by atoms with Crippen LogP contribution < -0.4 is 10.1 Å². The maximum absolute atomic E-state index is 12.1. The number of rotatable bonds is 4. The van der Waals surface area contributed by atoms with Gasteiger partial charge in [0.1, 0.15) is 12.4 Å². The summed E-state index contributed by atoms with van der Waals surface area (Å²) in [6, 6.07) is 8.03. The number of hydrogen-bond acceptors (Lipinski definition) is 4. The molecule has 0 aromatic heterocycles. The number of hydrogen-bond donors (Lipinski definition) is 1. The molecule has 1 unspecified atom stereocenters. The summed E-state index contributed by atoms with van der Waals surface area (Å²) in [6.07, 6.45) is 2.00. The molecule has 1 aromatic carbocycles. The fourth-order valence-electron chi connectivity index (χ4n) is 3.28. The molecule has 1 N–H and O–H groups in total. The number of para-hydroxylation sites is 1. The summed E-state index contributed by atoms with van der Waals surface area (Å²) >= 11 is 0. The van der Waals surface area contributed by atoms with Crippen LogP contribution in [-0.4, -0.2) is 43.8 Å². The van der Waals surface area contributed by atoms with E-state index in [1.54, 1.807) is 7.11 Å². The topological polar surface area (TPSA) is 50.8 Å². The zero-order valence-corrected chi connectivity index (χ0v) is 12.4. The molecule has 1 aromatic rings. The number of carbonyl (C=O) groups is 1. The highest BCUT2D eigenvalue weighted by atomic mass is 16.6. The standard InChI is InChI=1S/C16H22N2O3/c1-20-15-5-3-2-4-13(15)10-18-14(11-21-16(18)19)12-6-8-17-9-7-12/h2-5,12,14,17H,6-11H2,1H3. The van der Waals surface area contributed by atoms with Crippen LogP contribution in [0.5, 0.6) is 5.75 Å². The van der Waals surface area contributed by atoms with Gasteiger partial charge in [-0.25, -0.2) is 4.79 Å². The van der Waals surface area contributed by atoms with E-state index in [1.807, 2.05) is 29.2 Å². The molecule has 114 valence electrons. The van der Waals surface area contributed by atoms with E-state index in [-0.39, 0.29) is 12.1 Å². The van der Waals surface area contributed by atoms with Crippen molar-refractivity contribution in [2.24, 2.45) is 5.92 Å². The predicted octanol–water partition coefficient (Wildman–Crippen LogP) is 2.02. The lowest BCUT2D eigenvalue weighted by atomic mass is 9.90. The molecule has 0 saturated carbocycles. The lowest BCUT2D eigenvalue weighted by Crippen LogP contribution is -2.43. The summed E-state index contributed by atoms with van der Waals surface area (Å²) in [7, 11) is 1.66. The second-order valence-electron chi connectivity index (χ2n) is 5.67. The minimum absolute atomic E-state index is 0.185. The summed E-state index contributed by atoms with van der Waals surface area (Å²) in [6.45, 7) is 3.12. The van der Waals surface area contributed by atoms with Gasteiger partial charge in [0, 0.05) is 5.56 Å². The van der Waals surface area contributed by atoms with Gasteiger partial charge in [0.2, 0.25) is 0 Å². The normalized spacial score (nSPS) is 23.2. The Hall–Kier alpha value is -1.75. The predicted molar refractivity (Wildman–Crippen MR) is 79.3 cm³/mol. The highest BCUT2D eigenvalue weighted by Gasteiger charge is 2.38. The molecule has 2 aliphatic rings. The Labute approximate surface area is 125 Å². The van der Waals surface area contributed by atoms with Gasteiger partial charge in [0.25, 0.3) is 0 Å². The van der Waals surface area contributed by atoms with E-state index in [0.29, 0.717) is 19.1 Å². The SMILES string of the molecule is COc1ccccc1CN1C(=O)OCC1C1CCNCC1. The molecule has 3 rings (SSSR count). The van der Waals surface area contributed by atoms with Gasteiger partial charge < -0.3 is 14.8 Å². The monoisotopic (exact) mass is 290 g/mol. The Morgan fingerprint density at radius 3 is 2.86 bits per heavy atom. The number of amides is 1. The Balaban J connectivity index is 1.76. The maximum Gasteiger partial charge on any atom is 0.410 e. The first kappa shape index (κ1) is 14.2. The van der Waals surface area contributed by atoms with E-state index in [9.17, 15) is 4.79 Å². The van der Waals surface area contributed by atoms with Crippen LogP contribution >= 0.6 is 0 Å². The van der Waals surface area contributed by atoms with E-state index in [0.717, 1.165) is 37.2 Å². The molecule has 1 atom stereocenters. The van der Waals surface area contributed by atoms with Crippen molar-refractivity contribution in [1.82, 2.24) is 10.2 Å². The zero-order valence-electron chi connectivity index (χ0n) is 12.4. The number of cyclic esters (lactones) is 1. The van der Waals surface area contributed by atoms with Gasteiger partial charge in [-0.3, -0.25) is 4.90 Å². The van der Waals surface area contributed by atoms with Crippen molar-refractivity contribution in [3.8, 4) is 5.75 Å². The summed E-state index contributed by atoms with van der Waals surface area (Å²) in [5.74, 6) is 1.34. The third-order valence-electron chi connectivity index (χ3n) is 4.47. The maximum atomic E-state index is 12.1. The first-order valence-electron chi connectivity index (χ1n) is 7.55. The van der Waals surface area contributed by atoms with Gasteiger partial charge in [0.15, 0.2) is 0 Å². The van der Waals surface area contributed by atoms with Gasteiger partial charge in [-0.05, 0) is 37.9 Å². The molecule has 0 aliphatic carbocycles. The van der Waals surface area contributed by atoms with Crippen molar-refractivity contribution < 1.29 is 14.3 Å². The van der Waals surface area contributed by atoms with Gasteiger partial charge in [-0.2, -0.15) is 0 Å². The van der Waals surface area contributed by atoms with Gasteiger partial charge in [-0.15, -0.1) is 0 Å². The molecule has 0 spiro atoms. The molecule has 2 fully saturated rings. The number of benzene rings is 1. The van der Waals surface area contributed by atoms with Gasteiger partial charge in [0.05, 0.1) is 19.7 Å². The zero-order chi connectivity index (χ0) is 14.7. The Morgan fingerprint density at radius 1 is 1.33 bits per heavy atom. The third kappa shape index (κ3) is 2.97. The fourth-order valence-corrected chi connectivity index (χ4v) is 3.28. The van der Waals surface area contributed by atoms with Crippen molar-refractivity contribution >= 4 is 6.09 Å². The van der Waals surface area contributed by atoms with Gasteiger partial charge in [-0.1, -0.05) is 18.2 Å².